The minimum Gasteiger partial charge on any atom is -0.380 e. The Morgan fingerprint density at radius 3 is 2.70 bits per heavy atom. The van der Waals surface area contributed by atoms with E-state index in [1.165, 1.54) is 0 Å². The molecule has 0 fully saturated rings. The molecule has 0 aliphatic heterocycles. The molecule has 20 heavy (non-hydrogen) atoms. The Labute approximate surface area is 118 Å². The minimum atomic E-state index is -0.259. The average Bonchev–Trinajstić information content (AvgIpc) is 2.48. The van der Waals surface area contributed by atoms with Gasteiger partial charge in [0.1, 0.15) is 0 Å². The van der Waals surface area contributed by atoms with Crippen LogP contribution in [0.2, 0.25) is 0 Å². The molecule has 0 spiro atoms. The van der Waals surface area contributed by atoms with Crippen LogP contribution >= 0.6 is 0 Å². The van der Waals surface area contributed by atoms with Gasteiger partial charge in [0, 0.05) is 19.9 Å². The Morgan fingerprint density at radius 1 is 1.20 bits per heavy atom. The van der Waals surface area contributed by atoms with Crippen molar-refractivity contribution in [3.8, 4) is 0 Å². The maximum Gasteiger partial charge on any atom is 0.319 e. The molecule has 0 saturated carbocycles. The minimum absolute atomic E-state index is 0.259. The van der Waals surface area contributed by atoms with Gasteiger partial charge in [0.2, 0.25) is 0 Å². The molecule has 104 valence electrons. The molecule has 0 radical (unpaired) electrons. The molecule has 2 N–H and O–H groups in total. The summed E-state index contributed by atoms with van der Waals surface area (Å²) in [6, 6.07) is 11.1. The van der Waals surface area contributed by atoms with Crippen molar-refractivity contribution in [2.75, 3.05) is 12.4 Å². The summed E-state index contributed by atoms with van der Waals surface area (Å²) in [5.74, 6) is 0. The lowest BCUT2D eigenvalue weighted by Crippen LogP contribution is -2.28. The number of urea groups is 1. The predicted molar refractivity (Wildman–Crippen MR) is 77.3 cm³/mol. The molecule has 2 aromatic rings. The largest absolute Gasteiger partial charge is 0.380 e. The highest BCUT2D eigenvalue weighted by atomic mass is 16.5. The van der Waals surface area contributed by atoms with Crippen LogP contribution in [0.3, 0.4) is 0 Å². The molecule has 2 amide bonds. The highest BCUT2D eigenvalue weighted by Gasteiger charge is 2.04. The van der Waals surface area contributed by atoms with Gasteiger partial charge >= 0.3 is 6.03 Å². The van der Waals surface area contributed by atoms with Crippen LogP contribution < -0.4 is 10.6 Å². The molecule has 0 aliphatic carbocycles. The summed E-state index contributed by atoms with van der Waals surface area (Å²) in [5.41, 5.74) is 2.77. The normalized spacial score (nSPS) is 10.1. The van der Waals surface area contributed by atoms with Gasteiger partial charge in [-0.15, -0.1) is 0 Å². The van der Waals surface area contributed by atoms with Crippen LogP contribution in [0.1, 0.15) is 11.1 Å². The Balaban J connectivity index is 1.90. The molecular formula is C15H17N3O2. The lowest BCUT2D eigenvalue weighted by molar-refractivity contribution is 0.184. The second-order valence-corrected chi connectivity index (χ2v) is 4.25. The summed E-state index contributed by atoms with van der Waals surface area (Å²) >= 11 is 0. The maximum absolute atomic E-state index is 11.8. The zero-order chi connectivity index (χ0) is 14.2. The van der Waals surface area contributed by atoms with Crippen LogP contribution in [0.25, 0.3) is 0 Å². The SMILES string of the molecule is COCc1ccccc1CNC(=O)Nc1cccnc1. The van der Waals surface area contributed by atoms with E-state index in [1.54, 1.807) is 31.6 Å². The van der Waals surface area contributed by atoms with Crippen LogP contribution in [0.4, 0.5) is 10.5 Å². The summed E-state index contributed by atoms with van der Waals surface area (Å²) in [4.78, 5) is 15.7. The second-order valence-electron chi connectivity index (χ2n) is 4.25. The molecule has 0 atom stereocenters. The maximum atomic E-state index is 11.8. The Hall–Kier alpha value is -2.40. The third kappa shape index (κ3) is 4.07. The lowest BCUT2D eigenvalue weighted by atomic mass is 10.1. The molecule has 1 aromatic carbocycles. The summed E-state index contributed by atoms with van der Waals surface area (Å²) in [7, 11) is 1.65. The first-order valence-corrected chi connectivity index (χ1v) is 6.30. The third-order valence-electron chi connectivity index (χ3n) is 2.78. The van der Waals surface area contributed by atoms with Gasteiger partial charge in [0.25, 0.3) is 0 Å². The van der Waals surface area contributed by atoms with E-state index in [2.05, 4.69) is 15.6 Å². The van der Waals surface area contributed by atoms with Crippen molar-refractivity contribution in [1.29, 1.82) is 0 Å². The van der Waals surface area contributed by atoms with Gasteiger partial charge in [0.05, 0.1) is 18.5 Å². The fourth-order valence-corrected chi connectivity index (χ4v) is 1.81. The van der Waals surface area contributed by atoms with Crippen LogP contribution in [-0.2, 0) is 17.9 Å². The number of rotatable bonds is 5. The number of anilines is 1. The smallest absolute Gasteiger partial charge is 0.319 e. The van der Waals surface area contributed by atoms with Gasteiger partial charge < -0.3 is 15.4 Å². The molecule has 5 heteroatoms. The first kappa shape index (κ1) is 14.0. The van der Waals surface area contributed by atoms with Crippen molar-refractivity contribution in [2.24, 2.45) is 0 Å². The summed E-state index contributed by atoms with van der Waals surface area (Å²) in [5, 5.41) is 5.53. The number of hydrogen-bond acceptors (Lipinski definition) is 3. The number of carbonyl (C=O) groups is 1. The van der Waals surface area contributed by atoms with E-state index in [4.69, 9.17) is 4.74 Å². The average molecular weight is 271 g/mol. The third-order valence-corrected chi connectivity index (χ3v) is 2.78. The van der Waals surface area contributed by atoms with Gasteiger partial charge in [-0.25, -0.2) is 4.79 Å². The Kier molecular flexibility index (Phi) is 5.08. The number of nitrogens with zero attached hydrogens (tertiary/aromatic N) is 1. The number of ether oxygens (including phenoxy) is 1. The standard InChI is InChI=1S/C15H17N3O2/c1-20-11-13-6-3-2-5-12(13)9-17-15(19)18-14-7-4-8-16-10-14/h2-8,10H,9,11H2,1H3,(H2,17,18,19). The fraction of sp³-hybridized carbons (Fsp3) is 0.200. The molecule has 5 nitrogen and oxygen atoms in total. The number of aromatic nitrogens is 1. The second kappa shape index (κ2) is 7.25. The van der Waals surface area contributed by atoms with E-state index < -0.39 is 0 Å². The zero-order valence-corrected chi connectivity index (χ0v) is 11.3. The van der Waals surface area contributed by atoms with Gasteiger partial charge in [-0.1, -0.05) is 24.3 Å². The number of methoxy groups -OCH3 is 1. The molecular weight excluding hydrogens is 254 g/mol. The Morgan fingerprint density at radius 2 is 2.00 bits per heavy atom. The van der Waals surface area contributed by atoms with E-state index in [-0.39, 0.29) is 6.03 Å². The van der Waals surface area contributed by atoms with Gasteiger partial charge in [-0.2, -0.15) is 0 Å². The quantitative estimate of drug-likeness (QED) is 0.878. The van der Waals surface area contributed by atoms with E-state index in [9.17, 15) is 4.79 Å². The molecule has 0 bridgehead atoms. The molecule has 2 rings (SSSR count). The van der Waals surface area contributed by atoms with E-state index in [0.717, 1.165) is 11.1 Å². The number of benzene rings is 1. The van der Waals surface area contributed by atoms with Crippen molar-refractivity contribution in [3.05, 3.63) is 59.9 Å². The number of hydrogen-bond donors (Lipinski definition) is 2. The summed E-state index contributed by atoms with van der Waals surface area (Å²) in [6.45, 7) is 0.980. The number of pyridine rings is 1. The van der Waals surface area contributed by atoms with Gasteiger partial charge in [0.15, 0.2) is 0 Å². The first-order chi connectivity index (χ1) is 9.79. The molecule has 0 aliphatic rings. The Bertz CT molecular complexity index is 558. The topological polar surface area (TPSA) is 63.2 Å². The van der Waals surface area contributed by atoms with Crippen LogP contribution in [-0.4, -0.2) is 18.1 Å². The van der Waals surface area contributed by atoms with Crippen LogP contribution in [0.15, 0.2) is 48.8 Å². The zero-order valence-electron chi connectivity index (χ0n) is 11.3. The molecule has 1 heterocycles. The molecule has 0 unspecified atom stereocenters. The highest BCUT2D eigenvalue weighted by Crippen LogP contribution is 2.09. The van der Waals surface area contributed by atoms with Gasteiger partial charge in [-0.3, -0.25) is 4.98 Å². The first-order valence-electron chi connectivity index (χ1n) is 6.30. The summed E-state index contributed by atoms with van der Waals surface area (Å²) < 4.78 is 5.13. The van der Waals surface area contributed by atoms with Crippen LogP contribution in [0, 0.1) is 0 Å². The number of nitrogens with one attached hydrogen (secondary N) is 2. The van der Waals surface area contributed by atoms with Gasteiger partial charge in [-0.05, 0) is 23.3 Å². The van der Waals surface area contributed by atoms with Crippen molar-refractivity contribution >= 4 is 11.7 Å². The lowest BCUT2D eigenvalue weighted by Gasteiger charge is -2.10. The van der Waals surface area contributed by atoms with Crippen LogP contribution in [0.5, 0.6) is 0 Å². The number of carbonyl (C=O) groups excluding carboxylic acids is 1. The van der Waals surface area contributed by atoms with Crippen molar-refractivity contribution in [1.82, 2.24) is 10.3 Å². The monoisotopic (exact) mass is 271 g/mol. The van der Waals surface area contributed by atoms with Crippen molar-refractivity contribution in [2.45, 2.75) is 13.2 Å². The fourth-order valence-electron chi connectivity index (χ4n) is 1.81. The molecule has 1 aromatic heterocycles. The highest BCUT2D eigenvalue weighted by molar-refractivity contribution is 5.88. The summed E-state index contributed by atoms with van der Waals surface area (Å²) in [6.07, 6.45) is 3.25. The van der Waals surface area contributed by atoms with E-state index >= 15 is 0 Å². The van der Waals surface area contributed by atoms with Crippen molar-refractivity contribution in [3.63, 3.8) is 0 Å². The van der Waals surface area contributed by atoms with E-state index in [1.807, 2.05) is 24.3 Å². The number of amides is 2. The molecule has 0 saturated heterocycles. The van der Waals surface area contributed by atoms with Crippen molar-refractivity contribution < 1.29 is 9.53 Å². The van der Waals surface area contributed by atoms with E-state index in [0.29, 0.717) is 18.8 Å². The predicted octanol–water partition coefficient (Wildman–Crippen LogP) is 2.55.